The molecule has 1 unspecified atom stereocenters. The predicted molar refractivity (Wildman–Crippen MR) is 133 cm³/mol. The number of fused-ring (bicyclic) bond motifs is 1. The van der Waals surface area contributed by atoms with E-state index >= 15 is 0 Å². The summed E-state index contributed by atoms with van der Waals surface area (Å²) in [6.07, 6.45) is 0.628. The fraction of sp³-hybridized carbons (Fsp3) is 0.423. The smallest absolute Gasteiger partial charge is 0.410 e. The van der Waals surface area contributed by atoms with Crippen LogP contribution in [0.1, 0.15) is 48.9 Å². The van der Waals surface area contributed by atoms with Crippen LogP contribution in [0.25, 0.3) is 11.0 Å². The van der Waals surface area contributed by atoms with Crippen LogP contribution >= 0.6 is 11.6 Å². The van der Waals surface area contributed by atoms with Crippen LogP contribution in [-0.4, -0.2) is 52.5 Å². The number of aryl methyl sites for hydroxylation is 1. The van der Waals surface area contributed by atoms with Gasteiger partial charge in [-0.2, -0.15) is 0 Å². The van der Waals surface area contributed by atoms with E-state index in [9.17, 15) is 18.4 Å². The Labute approximate surface area is 217 Å². The van der Waals surface area contributed by atoms with Gasteiger partial charge in [0.2, 0.25) is 0 Å². The van der Waals surface area contributed by atoms with Crippen molar-refractivity contribution in [1.29, 1.82) is 0 Å². The van der Waals surface area contributed by atoms with Gasteiger partial charge in [-0.1, -0.05) is 17.7 Å². The Kier molecular flexibility index (Phi) is 7.32. The third-order valence-electron chi connectivity index (χ3n) is 5.85. The maximum atomic E-state index is 15.0. The molecule has 8 nitrogen and oxygen atoms in total. The number of likely N-dealkylation sites (tertiary alicyclic amines) is 1. The van der Waals surface area contributed by atoms with Crippen LogP contribution in [0.3, 0.4) is 0 Å². The summed E-state index contributed by atoms with van der Waals surface area (Å²) in [7, 11) is 0. The van der Waals surface area contributed by atoms with E-state index < -0.39 is 36.1 Å². The highest BCUT2D eigenvalue weighted by atomic mass is 35.5. The maximum absolute atomic E-state index is 15.0. The van der Waals surface area contributed by atoms with Gasteiger partial charge in [0.05, 0.1) is 18.2 Å². The number of piperidine rings is 1. The van der Waals surface area contributed by atoms with Crippen molar-refractivity contribution in [2.24, 2.45) is 0 Å². The molecular weight excluding hydrogens is 508 g/mol. The van der Waals surface area contributed by atoms with Crippen LogP contribution in [0.2, 0.25) is 5.15 Å². The number of alkyl halides is 2. The number of hydrogen-bond donors (Lipinski definition) is 1. The molecule has 2 amide bonds. The fourth-order valence-corrected chi connectivity index (χ4v) is 4.26. The second-order valence-electron chi connectivity index (χ2n) is 9.91. The Hall–Kier alpha value is -3.40. The SMILES string of the molecule is Cc1oc2ccc(OCc3cccnc3Cl)cc2c1C(=O)NC1CCN(C(=O)OC(C)(C)C)CC1(F)F. The van der Waals surface area contributed by atoms with E-state index in [1.807, 2.05) is 0 Å². The van der Waals surface area contributed by atoms with Crippen LogP contribution in [0.15, 0.2) is 40.9 Å². The van der Waals surface area contributed by atoms with Crippen molar-refractivity contribution in [3.63, 3.8) is 0 Å². The van der Waals surface area contributed by atoms with Crippen molar-refractivity contribution in [3.05, 3.63) is 58.6 Å². The monoisotopic (exact) mass is 535 g/mol. The standard InChI is InChI=1S/C26H28ClF2N3O5/c1-15-21(18-12-17(7-8-19(18)36-15)35-13-16-6-5-10-30-22(16)27)23(33)31-20-9-11-32(14-26(20,28)29)24(34)37-25(2,3)4/h5-8,10,12,20H,9,11,13-14H2,1-4H3,(H,31,33). The lowest BCUT2D eigenvalue weighted by molar-refractivity contribution is -0.0889. The second-order valence-corrected chi connectivity index (χ2v) is 10.3. The molecule has 37 heavy (non-hydrogen) atoms. The highest BCUT2D eigenvalue weighted by molar-refractivity contribution is 6.30. The molecule has 11 heteroatoms. The van der Waals surface area contributed by atoms with Crippen LogP contribution in [0.5, 0.6) is 5.75 Å². The Morgan fingerprint density at radius 1 is 1.30 bits per heavy atom. The Morgan fingerprint density at radius 2 is 2.05 bits per heavy atom. The van der Waals surface area contributed by atoms with Crippen molar-refractivity contribution < 1.29 is 32.3 Å². The zero-order valence-corrected chi connectivity index (χ0v) is 21.7. The molecule has 198 valence electrons. The molecule has 1 aromatic carbocycles. The molecule has 1 aliphatic rings. The van der Waals surface area contributed by atoms with Crippen molar-refractivity contribution in [2.75, 3.05) is 13.1 Å². The van der Waals surface area contributed by atoms with E-state index in [2.05, 4.69) is 10.3 Å². The van der Waals surface area contributed by atoms with Crippen molar-refractivity contribution in [2.45, 2.75) is 58.3 Å². The van der Waals surface area contributed by atoms with E-state index in [4.69, 9.17) is 25.5 Å². The van der Waals surface area contributed by atoms with Crippen LogP contribution in [0.4, 0.5) is 13.6 Å². The van der Waals surface area contributed by atoms with Gasteiger partial charge in [-0.3, -0.25) is 4.79 Å². The summed E-state index contributed by atoms with van der Waals surface area (Å²) >= 11 is 6.08. The molecule has 0 saturated carbocycles. The number of ether oxygens (including phenoxy) is 2. The van der Waals surface area contributed by atoms with Crippen molar-refractivity contribution in [3.8, 4) is 5.75 Å². The Balaban J connectivity index is 1.48. The van der Waals surface area contributed by atoms with Gasteiger partial charge in [-0.05, 0) is 58.4 Å². The van der Waals surface area contributed by atoms with Crippen LogP contribution in [0, 0.1) is 6.92 Å². The number of nitrogens with zero attached hydrogens (tertiary/aromatic N) is 2. The van der Waals surface area contributed by atoms with E-state index in [-0.39, 0.29) is 30.9 Å². The first-order valence-corrected chi connectivity index (χ1v) is 12.1. The number of halogens is 3. The molecule has 0 spiro atoms. The number of carbonyl (C=O) groups is 2. The summed E-state index contributed by atoms with van der Waals surface area (Å²) in [5.41, 5.74) is 0.445. The van der Waals surface area contributed by atoms with Gasteiger partial charge in [0.25, 0.3) is 11.8 Å². The summed E-state index contributed by atoms with van der Waals surface area (Å²) in [4.78, 5) is 30.4. The molecule has 0 aliphatic carbocycles. The molecule has 1 atom stereocenters. The summed E-state index contributed by atoms with van der Waals surface area (Å²) < 4.78 is 46.6. The molecule has 1 aliphatic heterocycles. The molecule has 4 rings (SSSR count). The predicted octanol–water partition coefficient (Wildman–Crippen LogP) is 5.74. The lowest BCUT2D eigenvalue weighted by Gasteiger charge is -2.38. The molecule has 0 radical (unpaired) electrons. The second kappa shape index (κ2) is 10.2. The summed E-state index contributed by atoms with van der Waals surface area (Å²) in [6, 6.07) is 7.00. The maximum Gasteiger partial charge on any atom is 0.410 e. The van der Waals surface area contributed by atoms with E-state index in [1.54, 1.807) is 64.2 Å². The number of amides is 2. The molecule has 0 bridgehead atoms. The van der Waals surface area contributed by atoms with Crippen LogP contribution < -0.4 is 10.1 Å². The highest BCUT2D eigenvalue weighted by Crippen LogP contribution is 2.32. The summed E-state index contributed by atoms with van der Waals surface area (Å²) in [5.74, 6) is -3.32. The first kappa shape index (κ1) is 26.7. The molecule has 1 saturated heterocycles. The van der Waals surface area contributed by atoms with Gasteiger partial charge < -0.3 is 24.1 Å². The first-order chi connectivity index (χ1) is 17.3. The fourth-order valence-electron chi connectivity index (χ4n) is 4.09. The minimum atomic E-state index is -3.35. The first-order valence-electron chi connectivity index (χ1n) is 11.8. The normalized spacial score (nSPS) is 17.5. The number of nitrogens with one attached hydrogen (secondary N) is 1. The number of aromatic nitrogens is 1. The molecule has 2 aromatic heterocycles. The lowest BCUT2D eigenvalue weighted by Crippen LogP contribution is -2.59. The van der Waals surface area contributed by atoms with Gasteiger partial charge in [0.15, 0.2) is 0 Å². The van der Waals surface area contributed by atoms with Gasteiger partial charge in [0, 0.05) is 23.7 Å². The van der Waals surface area contributed by atoms with Crippen LogP contribution in [-0.2, 0) is 11.3 Å². The van der Waals surface area contributed by atoms with Crippen molar-refractivity contribution in [1.82, 2.24) is 15.2 Å². The Bertz CT molecular complexity index is 1320. The zero-order chi connectivity index (χ0) is 27.0. The van der Waals surface area contributed by atoms with Gasteiger partial charge in [-0.25, -0.2) is 18.6 Å². The molecule has 3 heterocycles. The molecule has 1 fully saturated rings. The minimum Gasteiger partial charge on any atom is -0.489 e. The third kappa shape index (κ3) is 6.12. The Morgan fingerprint density at radius 3 is 2.73 bits per heavy atom. The third-order valence-corrected chi connectivity index (χ3v) is 6.19. The minimum absolute atomic E-state index is 0.0233. The van der Waals surface area contributed by atoms with E-state index in [1.165, 1.54) is 0 Å². The molecular formula is C26H28ClF2N3O5. The largest absolute Gasteiger partial charge is 0.489 e. The average Bonchev–Trinajstić information content (AvgIpc) is 3.13. The van der Waals surface area contributed by atoms with E-state index in [0.717, 1.165) is 4.90 Å². The number of pyridine rings is 1. The lowest BCUT2D eigenvalue weighted by atomic mass is 10.00. The zero-order valence-electron chi connectivity index (χ0n) is 20.9. The van der Waals surface area contributed by atoms with E-state index in [0.29, 0.717) is 27.4 Å². The van der Waals surface area contributed by atoms with Gasteiger partial charge in [0.1, 0.15) is 34.5 Å². The molecule has 1 N–H and O–H groups in total. The number of rotatable bonds is 5. The topological polar surface area (TPSA) is 93.9 Å². The molecule has 3 aromatic rings. The quantitative estimate of drug-likeness (QED) is 0.418. The summed E-state index contributed by atoms with van der Waals surface area (Å²) in [6.45, 7) is 5.91. The number of hydrogen-bond acceptors (Lipinski definition) is 6. The highest BCUT2D eigenvalue weighted by Gasteiger charge is 2.47. The summed E-state index contributed by atoms with van der Waals surface area (Å²) in [5, 5.41) is 3.19. The average molecular weight is 536 g/mol. The van der Waals surface area contributed by atoms with Gasteiger partial charge in [-0.15, -0.1) is 0 Å². The van der Waals surface area contributed by atoms with Gasteiger partial charge >= 0.3 is 6.09 Å². The number of benzene rings is 1. The number of carbonyl (C=O) groups excluding carboxylic acids is 2. The number of furan rings is 1. The van der Waals surface area contributed by atoms with Crippen molar-refractivity contribution >= 4 is 34.6 Å².